The van der Waals surface area contributed by atoms with E-state index < -0.39 is 16.2 Å². The molecule has 3 atom stereocenters. The zero-order valence-electron chi connectivity index (χ0n) is 20.3. The number of ether oxygens (including phenoxy) is 2. The Morgan fingerprint density at radius 2 is 1.83 bits per heavy atom. The normalized spacial score (nSPS) is 25.5. The lowest BCUT2D eigenvalue weighted by molar-refractivity contribution is 0.0939. The molecule has 3 N–H and O–H groups in total. The summed E-state index contributed by atoms with van der Waals surface area (Å²) in [6.45, 7) is 2.54. The molecule has 0 radical (unpaired) electrons. The number of hydrogen-bond donors (Lipinski definition) is 3. The summed E-state index contributed by atoms with van der Waals surface area (Å²) >= 11 is 0. The van der Waals surface area contributed by atoms with Gasteiger partial charge in [-0.25, -0.2) is 9.52 Å². The first kappa shape index (κ1) is 24.9. The van der Waals surface area contributed by atoms with E-state index in [1.165, 1.54) is 4.31 Å². The molecule has 196 valence electrons. The summed E-state index contributed by atoms with van der Waals surface area (Å²) in [5.74, 6) is 2.62. The van der Waals surface area contributed by atoms with E-state index in [9.17, 15) is 18.0 Å². The van der Waals surface area contributed by atoms with Crippen LogP contribution in [0.2, 0.25) is 0 Å². The van der Waals surface area contributed by atoms with Gasteiger partial charge in [-0.1, -0.05) is 18.2 Å². The Morgan fingerprint density at radius 1 is 1.03 bits per heavy atom. The SMILES string of the molecule is O=C(NC[C@@H]1C[C@@H]2C=C[C@@H]1C2)NS(=O)(=O)N1CCC(CCNC(=O)c2cccc3c2OCCO3)CC1. The van der Waals surface area contributed by atoms with Gasteiger partial charge in [-0.3, -0.25) is 4.79 Å². The van der Waals surface area contributed by atoms with Crippen LogP contribution in [-0.2, 0) is 10.2 Å². The molecule has 2 aliphatic carbocycles. The Balaban J connectivity index is 1.02. The average Bonchev–Trinajstić information content (AvgIpc) is 3.51. The molecule has 1 aromatic rings. The first-order chi connectivity index (χ1) is 17.4. The van der Waals surface area contributed by atoms with Crippen molar-refractivity contribution in [1.82, 2.24) is 19.7 Å². The lowest BCUT2D eigenvalue weighted by Gasteiger charge is -2.31. The molecule has 1 aromatic carbocycles. The minimum absolute atomic E-state index is 0.214. The van der Waals surface area contributed by atoms with Gasteiger partial charge in [0.2, 0.25) is 0 Å². The van der Waals surface area contributed by atoms with E-state index in [1.807, 2.05) is 0 Å². The zero-order valence-corrected chi connectivity index (χ0v) is 21.1. The summed E-state index contributed by atoms with van der Waals surface area (Å²) in [4.78, 5) is 24.9. The zero-order chi connectivity index (χ0) is 25.1. The van der Waals surface area contributed by atoms with Gasteiger partial charge in [-0.2, -0.15) is 12.7 Å². The van der Waals surface area contributed by atoms with Gasteiger partial charge in [0.15, 0.2) is 11.5 Å². The van der Waals surface area contributed by atoms with Gasteiger partial charge in [-0.15, -0.1) is 0 Å². The maximum absolute atomic E-state index is 12.7. The van der Waals surface area contributed by atoms with Crippen molar-refractivity contribution in [2.75, 3.05) is 39.4 Å². The van der Waals surface area contributed by atoms with Crippen LogP contribution in [0.15, 0.2) is 30.4 Å². The van der Waals surface area contributed by atoms with Crippen molar-refractivity contribution in [2.24, 2.45) is 23.7 Å². The van der Waals surface area contributed by atoms with Gasteiger partial charge in [-0.05, 0) is 67.9 Å². The van der Waals surface area contributed by atoms with Crippen LogP contribution >= 0.6 is 0 Å². The van der Waals surface area contributed by atoms with Gasteiger partial charge in [0.1, 0.15) is 13.2 Å². The molecule has 36 heavy (non-hydrogen) atoms. The molecule has 3 amide bonds. The van der Waals surface area contributed by atoms with E-state index in [0.717, 1.165) is 19.3 Å². The highest BCUT2D eigenvalue weighted by Crippen LogP contribution is 2.43. The van der Waals surface area contributed by atoms with Crippen LogP contribution < -0.4 is 24.8 Å². The lowest BCUT2D eigenvalue weighted by Crippen LogP contribution is -2.50. The number of urea groups is 1. The molecule has 2 heterocycles. The van der Waals surface area contributed by atoms with Crippen molar-refractivity contribution in [3.05, 3.63) is 35.9 Å². The largest absolute Gasteiger partial charge is 0.486 e. The molecule has 0 spiro atoms. The lowest BCUT2D eigenvalue weighted by atomic mass is 9.94. The van der Waals surface area contributed by atoms with E-state index in [-0.39, 0.29) is 5.91 Å². The van der Waals surface area contributed by atoms with E-state index in [1.54, 1.807) is 18.2 Å². The van der Waals surface area contributed by atoms with Crippen LogP contribution in [0.1, 0.15) is 42.5 Å². The second kappa shape index (κ2) is 10.7. The van der Waals surface area contributed by atoms with Crippen LogP contribution in [0.4, 0.5) is 4.79 Å². The molecule has 4 aliphatic rings. The molecule has 1 saturated heterocycles. The first-order valence-electron chi connectivity index (χ1n) is 12.8. The van der Waals surface area contributed by atoms with Crippen LogP contribution in [-0.4, -0.2) is 64.1 Å². The Bertz CT molecular complexity index is 1120. The van der Waals surface area contributed by atoms with E-state index >= 15 is 0 Å². The van der Waals surface area contributed by atoms with Crippen molar-refractivity contribution in [2.45, 2.75) is 32.1 Å². The van der Waals surface area contributed by atoms with Gasteiger partial charge in [0, 0.05) is 26.2 Å². The third kappa shape index (κ3) is 5.62. The number of hydrogen-bond acceptors (Lipinski definition) is 6. The Kier molecular flexibility index (Phi) is 7.38. The summed E-state index contributed by atoms with van der Waals surface area (Å²) in [5.41, 5.74) is 0.453. The number of carbonyl (C=O) groups excluding carboxylic acids is 2. The summed E-state index contributed by atoms with van der Waals surface area (Å²) in [5, 5.41) is 5.67. The summed E-state index contributed by atoms with van der Waals surface area (Å²) in [6.07, 6.45) is 8.74. The number of nitrogens with zero attached hydrogens (tertiary/aromatic N) is 1. The monoisotopic (exact) mass is 518 g/mol. The van der Waals surface area contributed by atoms with Crippen LogP contribution in [0.5, 0.6) is 11.5 Å². The number of rotatable bonds is 8. The molecule has 11 heteroatoms. The summed E-state index contributed by atoms with van der Waals surface area (Å²) < 4.78 is 40.0. The molecule has 2 bridgehead atoms. The number of amides is 3. The molecular formula is C25H34N4O6S. The van der Waals surface area contributed by atoms with Crippen LogP contribution in [0.3, 0.4) is 0 Å². The fourth-order valence-corrected chi connectivity index (χ4v) is 6.87. The molecule has 2 fully saturated rings. The van der Waals surface area contributed by atoms with E-state index in [4.69, 9.17) is 9.47 Å². The van der Waals surface area contributed by atoms with Gasteiger partial charge < -0.3 is 20.1 Å². The predicted molar refractivity (Wildman–Crippen MR) is 133 cm³/mol. The minimum atomic E-state index is -3.88. The molecule has 0 aromatic heterocycles. The summed E-state index contributed by atoms with van der Waals surface area (Å²) in [6, 6.07) is 4.60. The molecule has 1 saturated carbocycles. The molecule has 5 rings (SSSR count). The van der Waals surface area contributed by atoms with Crippen LogP contribution in [0, 0.1) is 23.7 Å². The highest BCUT2D eigenvalue weighted by atomic mass is 32.2. The maximum atomic E-state index is 12.7. The van der Waals surface area contributed by atoms with Crippen molar-refractivity contribution in [1.29, 1.82) is 0 Å². The van der Waals surface area contributed by atoms with Crippen LogP contribution in [0.25, 0.3) is 0 Å². The third-order valence-corrected chi connectivity index (χ3v) is 9.21. The Labute approximate surface area is 212 Å². The Morgan fingerprint density at radius 3 is 2.58 bits per heavy atom. The number of piperidine rings is 1. The summed E-state index contributed by atoms with van der Waals surface area (Å²) in [7, 11) is -3.88. The minimum Gasteiger partial charge on any atom is -0.486 e. The molecular weight excluding hydrogens is 484 g/mol. The molecule has 2 aliphatic heterocycles. The first-order valence-corrected chi connectivity index (χ1v) is 14.2. The topological polar surface area (TPSA) is 126 Å². The predicted octanol–water partition coefficient (Wildman–Crippen LogP) is 2.05. The number of fused-ring (bicyclic) bond motifs is 3. The fourth-order valence-electron chi connectivity index (χ4n) is 5.75. The van der Waals surface area contributed by atoms with Crippen molar-refractivity contribution in [3.63, 3.8) is 0 Å². The fraction of sp³-hybridized carbons (Fsp3) is 0.600. The average molecular weight is 519 g/mol. The van der Waals surface area contributed by atoms with Crippen molar-refractivity contribution >= 4 is 22.1 Å². The highest BCUT2D eigenvalue weighted by molar-refractivity contribution is 7.87. The quantitative estimate of drug-likeness (QED) is 0.452. The van der Waals surface area contributed by atoms with Gasteiger partial charge in [0.05, 0.1) is 5.56 Å². The second-order valence-corrected chi connectivity index (χ2v) is 11.7. The maximum Gasteiger partial charge on any atom is 0.329 e. The number of allylic oxidation sites excluding steroid dienone is 2. The number of para-hydroxylation sites is 1. The molecule has 10 nitrogen and oxygen atoms in total. The second-order valence-electron chi connectivity index (χ2n) is 10.1. The number of nitrogens with one attached hydrogen (secondary N) is 3. The standard InChI is InChI=1S/C25H34N4O6S/c30-24(21-2-1-3-22-23(21)35-13-12-34-22)26-9-6-17-7-10-29(11-8-17)36(32,33)28-25(31)27-16-20-15-18-4-5-19(20)14-18/h1-5,17-20H,6-16H2,(H,26,30)(H2,27,28,31)/t18-,19-,20+/m1/s1. The van der Waals surface area contributed by atoms with Crippen molar-refractivity contribution < 1.29 is 27.5 Å². The highest BCUT2D eigenvalue weighted by Gasteiger charge is 2.36. The molecule has 0 unspecified atom stereocenters. The van der Waals surface area contributed by atoms with Crippen molar-refractivity contribution in [3.8, 4) is 11.5 Å². The van der Waals surface area contributed by atoms with E-state index in [2.05, 4.69) is 27.5 Å². The third-order valence-electron chi connectivity index (χ3n) is 7.73. The Hall–Kier alpha value is -2.79. The smallest absolute Gasteiger partial charge is 0.329 e. The number of benzene rings is 1. The number of carbonyl (C=O) groups is 2. The van der Waals surface area contributed by atoms with Gasteiger partial charge >= 0.3 is 16.2 Å². The van der Waals surface area contributed by atoms with E-state index in [0.29, 0.717) is 93.0 Å². The van der Waals surface area contributed by atoms with Gasteiger partial charge in [0.25, 0.3) is 5.91 Å².